The molecule has 7 heteroatoms. The second-order valence-electron chi connectivity index (χ2n) is 5.40. The zero-order valence-corrected chi connectivity index (χ0v) is 14.0. The number of amides is 1. The van der Waals surface area contributed by atoms with E-state index in [4.69, 9.17) is 11.6 Å². The summed E-state index contributed by atoms with van der Waals surface area (Å²) in [6.45, 7) is 0. The van der Waals surface area contributed by atoms with Crippen LogP contribution >= 0.6 is 11.6 Å². The predicted octanol–water partition coefficient (Wildman–Crippen LogP) is 3.44. The molecule has 3 aromatic rings. The maximum absolute atomic E-state index is 12.3. The zero-order valence-electron chi connectivity index (χ0n) is 13.2. The third kappa shape index (κ3) is 3.38. The van der Waals surface area contributed by atoms with E-state index in [0.717, 1.165) is 11.4 Å². The highest BCUT2D eigenvalue weighted by molar-refractivity contribution is 6.33. The van der Waals surface area contributed by atoms with Gasteiger partial charge in [0.1, 0.15) is 11.5 Å². The molecule has 1 aromatic carbocycles. The number of nitrogens with zero attached hydrogens (tertiary/aromatic N) is 3. The summed E-state index contributed by atoms with van der Waals surface area (Å²) < 4.78 is 0. The molecule has 0 aliphatic carbocycles. The number of anilines is 2. The molecule has 2 N–H and O–H groups in total. The van der Waals surface area contributed by atoms with Crippen LogP contribution in [0.4, 0.5) is 11.5 Å². The van der Waals surface area contributed by atoms with Gasteiger partial charge in [0.15, 0.2) is 0 Å². The molecule has 0 fully saturated rings. The lowest BCUT2D eigenvalue weighted by Gasteiger charge is -2.11. The molecule has 122 valence electrons. The molecule has 1 amide bonds. The first kappa shape index (κ1) is 16.0. The van der Waals surface area contributed by atoms with Crippen molar-refractivity contribution in [3.63, 3.8) is 0 Å². The zero-order chi connectivity index (χ0) is 17.1. The number of pyridine rings is 1. The topological polar surface area (TPSA) is 73.9 Å². The number of carbonyl (C=O) groups is 1. The van der Waals surface area contributed by atoms with Gasteiger partial charge < -0.3 is 10.2 Å². The van der Waals surface area contributed by atoms with Crippen LogP contribution in [0.1, 0.15) is 10.5 Å². The van der Waals surface area contributed by atoms with Crippen molar-refractivity contribution >= 4 is 29.0 Å². The summed E-state index contributed by atoms with van der Waals surface area (Å²) in [5.41, 5.74) is 2.35. The van der Waals surface area contributed by atoms with Crippen LogP contribution in [0.3, 0.4) is 0 Å². The second kappa shape index (κ2) is 6.72. The molecule has 24 heavy (non-hydrogen) atoms. The Morgan fingerprint density at radius 3 is 2.67 bits per heavy atom. The fourth-order valence-corrected chi connectivity index (χ4v) is 2.40. The van der Waals surface area contributed by atoms with E-state index in [9.17, 15) is 4.79 Å². The van der Waals surface area contributed by atoms with E-state index in [1.54, 1.807) is 24.4 Å². The van der Waals surface area contributed by atoms with Gasteiger partial charge in [-0.05, 0) is 24.3 Å². The average Bonchev–Trinajstić information content (AvgIpc) is 3.05. The first-order chi connectivity index (χ1) is 11.5. The van der Waals surface area contributed by atoms with Gasteiger partial charge in [-0.3, -0.25) is 9.89 Å². The summed E-state index contributed by atoms with van der Waals surface area (Å²) >= 11 is 6.15. The van der Waals surface area contributed by atoms with E-state index in [1.807, 2.05) is 43.3 Å². The molecule has 2 aromatic heterocycles. The molecule has 0 saturated heterocycles. The number of rotatable bonds is 4. The number of carbonyl (C=O) groups excluding carboxylic acids is 1. The first-order valence-electron chi connectivity index (χ1n) is 7.29. The van der Waals surface area contributed by atoms with Crippen molar-refractivity contribution in [2.24, 2.45) is 0 Å². The van der Waals surface area contributed by atoms with Crippen LogP contribution in [0.15, 0.2) is 48.7 Å². The number of halogens is 1. The minimum absolute atomic E-state index is 0.291. The number of aromatic amines is 1. The minimum Gasteiger partial charge on any atom is -0.363 e. The quantitative estimate of drug-likeness (QED) is 0.762. The summed E-state index contributed by atoms with van der Waals surface area (Å²) in [6.07, 6.45) is 1.61. The van der Waals surface area contributed by atoms with Gasteiger partial charge in [-0.2, -0.15) is 5.10 Å². The molecule has 0 unspecified atom stereocenters. The van der Waals surface area contributed by atoms with E-state index >= 15 is 0 Å². The monoisotopic (exact) mass is 341 g/mol. The normalized spacial score (nSPS) is 10.5. The predicted molar refractivity (Wildman–Crippen MR) is 95.6 cm³/mol. The molecule has 0 atom stereocenters. The molecule has 3 rings (SSSR count). The van der Waals surface area contributed by atoms with Crippen molar-refractivity contribution in [2.75, 3.05) is 24.3 Å². The van der Waals surface area contributed by atoms with Gasteiger partial charge in [-0.25, -0.2) is 4.98 Å². The molecular formula is C17H16ClN5O. The largest absolute Gasteiger partial charge is 0.363 e. The van der Waals surface area contributed by atoms with Gasteiger partial charge in [-0.1, -0.05) is 29.8 Å². The summed E-state index contributed by atoms with van der Waals surface area (Å²) in [5.74, 6) is 0.524. The standard InChI is InChI=1S/C17H16ClN5O/c1-23(2)16-8-7-11(10-19-16)20-17(24)15-9-14(21-22-15)12-5-3-4-6-13(12)18/h3-10H,1-2H3,(H,20,24)(H,21,22). The summed E-state index contributed by atoms with van der Waals surface area (Å²) in [7, 11) is 3.81. The smallest absolute Gasteiger partial charge is 0.273 e. The van der Waals surface area contributed by atoms with Crippen LogP contribution in [-0.2, 0) is 0 Å². The average molecular weight is 342 g/mol. The third-order valence-corrected chi connectivity index (χ3v) is 3.77. The Balaban J connectivity index is 1.75. The van der Waals surface area contributed by atoms with E-state index in [2.05, 4.69) is 20.5 Å². The Labute approximate surface area is 144 Å². The SMILES string of the molecule is CN(C)c1ccc(NC(=O)c2cc(-c3ccccc3Cl)n[nH]2)cn1. The molecule has 2 heterocycles. The lowest BCUT2D eigenvalue weighted by Crippen LogP contribution is -2.14. The Bertz CT molecular complexity index is 857. The molecule has 0 radical (unpaired) electrons. The van der Waals surface area contributed by atoms with Crippen molar-refractivity contribution in [3.8, 4) is 11.3 Å². The maximum atomic E-state index is 12.3. The number of benzene rings is 1. The van der Waals surface area contributed by atoms with Crippen LogP contribution in [0, 0.1) is 0 Å². The van der Waals surface area contributed by atoms with Crippen LogP contribution < -0.4 is 10.2 Å². The Morgan fingerprint density at radius 2 is 2.00 bits per heavy atom. The van der Waals surface area contributed by atoms with Crippen LogP contribution in [-0.4, -0.2) is 35.2 Å². The van der Waals surface area contributed by atoms with Crippen LogP contribution in [0.2, 0.25) is 5.02 Å². The number of nitrogens with one attached hydrogen (secondary N) is 2. The van der Waals surface area contributed by atoms with Gasteiger partial charge in [0.2, 0.25) is 0 Å². The van der Waals surface area contributed by atoms with Crippen molar-refractivity contribution in [1.29, 1.82) is 0 Å². The molecule has 0 bridgehead atoms. The van der Waals surface area contributed by atoms with E-state index in [1.165, 1.54) is 0 Å². The van der Waals surface area contributed by atoms with Crippen LogP contribution in [0.25, 0.3) is 11.3 Å². The van der Waals surface area contributed by atoms with Crippen LogP contribution in [0.5, 0.6) is 0 Å². The molecule has 0 aliphatic heterocycles. The Hall–Kier alpha value is -2.86. The van der Waals surface area contributed by atoms with Gasteiger partial charge in [0.05, 0.1) is 22.6 Å². The van der Waals surface area contributed by atoms with Crippen molar-refractivity contribution in [1.82, 2.24) is 15.2 Å². The van der Waals surface area contributed by atoms with Gasteiger partial charge in [0, 0.05) is 19.7 Å². The van der Waals surface area contributed by atoms with Crippen molar-refractivity contribution in [3.05, 3.63) is 59.4 Å². The summed E-state index contributed by atoms with van der Waals surface area (Å²) in [5, 5.41) is 10.2. The van der Waals surface area contributed by atoms with Crippen molar-refractivity contribution < 1.29 is 4.79 Å². The molecule has 0 saturated carbocycles. The fraction of sp³-hybridized carbons (Fsp3) is 0.118. The highest BCUT2D eigenvalue weighted by Crippen LogP contribution is 2.26. The van der Waals surface area contributed by atoms with E-state index < -0.39 is 0 Å². The van der Waals surface area contributed by atoms with E-state index in [-0.39, 0.29) is 5.91 Å². The first-order valence-corrected chi connectivity index (χ1v) is 7.67. The van der Waals surface area contributed by atoms with Crippen molar-refractivity contribution in [2.45, 2.75) is 0 Å². The molecule has 0 aliphatic rings. The van der Waals surface area contributed by atoms with Gasteiger partial charge in [0.25, 0.3) is 5.91 Å². The Morgan fingerprint density at radius 1 is 1.21 bits per heavy atom. The highest BCUT2D eigenvalue weighted by Gasteiger charge is 2.13. The number of hydrogen-bond donors (Lipinski definition) is 2. The Kier molecular flexibility index (Phi) is 4.48. The van der Waals surface area contributed by atoms with Gasteiger partial charge in [-0.15, -0.1) is 0 Å². The highest BCUT2D eigenvalue weighted by atomic mass is 35.5. The maximum Gasteiger partial charge on any atom is 0.273 e. The van der Waals surface area contributed by atoms with E-state index in [0.29, 0.717) is 22.1 Å². The number of aromatic nitrogens is 3. The number of hydrogen-bond acceptors (Lipinski definition) is 4. The fourth-order valence-electron chi connectivity index (χ4n) is 2.17. The summed E-state index contributed by atoms with van der Waals surface area (Å²) in [6, 6.07) is 12.6. The second-order valence-corrected chi connectivity index (χ2v) is 5.81. The lowest BCUT2D eigenvalue weighted by atomic mass is 10.1. The molecular weight excluding hydrogens is 326 g/mol. The minimum atomic E-state index is -0.291. The molecule has 6 nitrogen and oxygen atoms in total. The summed E-state index contributed by atoms with van der Waals surface area (Å²) in [4.78, 5) is 18.5. The number of H-pyrrole nitrogens is 1. The lowest BCUT2D eigenvalue weighted by molar-refractivity contribution is 0.102. The van der Waals surface area contributed by atoms with Gasteiger partial charge >= 0.3 is 0 Å². The molecule has 0 spiro atoms. The third-order valence-electron chi connectivity index (χ3n) is 3.44.